The fraction of sp³-hybridized carbons (Fsp3) is 0.833. The lowest BCUT2D eigenvalue weighted by molar-refractivity contribution is -0.130. The molecule has 0 radical (unpaired) electrons. The molecular formula is C6H14N2O3. The summed E-state index contributed by atoms with van der Waals surface area (Å²) in [5.41, 5.74) is 4.87. The van der Waals surface area contributed by atoms with E-state index < -0.39 is 18.4 Å². The number of carbonyl (C=O) groups excluding carboxylic acids is 1. The fourth-order valence-corrected chi connectivity index (χ4v) is 0.756. The SMILES string of the molecule is CC(O)N(CC(N)=O)C(C)O. The topological polar surface area (TPSA) is 86.8 Å². The zero-order valence-corrected chi connectivity index (χ0v) is 6.69. The fourth-order valence-electron chi connectivity index (χ4n) is 0.756. The van der Waals surface area contributed by atoms with E-state index in [1.165, 1.54) is 18.7 Å². The Kier molecular flexibility index (Phi) is 4.02. The molecule has 0 aliphatic heterocycles. The van der Waals surface area contributed by atoms with Crippen molar-refractivity contribution in [1.29, 1.82) is 0 Å². The van der Waals surface area contributed by atoms with Crippen LogP contribution < -0.4 is 5.73 Å². The Morgan fingerprint density at radius 2 is 1.82 bits per heavy atom. The summed E-state index contributed by atoms with van der Waals surface area (Å²) in [6.07, 6.45) is -1.75. The van der Waals surface area contributed by atoms with E-state index in [9.17, 15) is 4.79 Å². The molecule has 5 heteroatoms. The van der Waals surface area contributed by atoms with Gasteiger partial charge in [0.15, 0.2) is 0 Å². The number of aliphatic hydroxyl groups is 2. The van der Waals surface area contributed by atoms with Crippen molar-refractivity contribution in [2.24, 2.45) is 5.73 Å². The van der Waals surface area contributed by atoms with Crippen LogP contribution in [-0.4, -0.2) is 40.0 Å². The monoisotopic (exact) mass is 162 g/mol. The van der Waals surface area contributed by atoms with E-state index in [-0.39, 0.29) is 6.54 Å². The molecule has 0 aliphatic carbocycles. The second-order valence-corrected chi connectivity index (χ2v) is 2.40. The van der Waals surface area contributed by atoms with Gasteiger partial charge in [0, 0.05) is 0 Å². The van der Waals surface area contributed by atoms with E-state index in [0.29, 0.717) is 0 Å². The minimum absolute atomic E-state index is 0.144. The minimum atomic E-state index is -0.873. The van der Waals surface area contributed by atoms with Crippen molar-refractivity contribution < 1.29 is 15.0 Å². The van der Waals surface area contributed by atoms with Gasteiger partial charge in [-0.3, -0.25) is 4.79 Å². The smallest absolute Gasteiger partial charge is 0.231 e. The molecule has 5 nitrogen and oxygen atoms in total. The predicted octanol–water partition coefficient (Wildman–Crippen LogP) is -1.55. The van der Waals surface area contributed by atoms with Crippen LogP contribution >= 0.6 is 0 Å². The summed E-state index contributed by atoms with van der Waals surface area (Å²) in [5.74, 6) is -0.577. The van der Waals surface area contributed by atoms with Crippen molar-refractivity contribution in [1.82, 2.24) is 4.90 Å². The Hall–Kier alpha value is -0.650. The van der Waals surface area contributed by atoms with Gasteiger partial charge >= 0.3 is 0 Å². The molecule has 0 rings (SSSR count). The zero-order valence-electron chi connectivity index (χ0n) is 6.69. The van der Waals surface area contributed by atoms with Crippen LogP contribution in [0.25, 0.3) is 0 Å². The quantitative estimate of drug-likeness (QED) is 0.437. The summed E-state index contributed by atoms with van der Waals surface area (Å²) in [4.78, 5) is 11.5. The normalized spacial score (nSPS) is 16.5. The third-order valence-corrected chi connectivity index (χ3v) is 1.30. The Labute approximate surface area is 65.4 Å². The molecular weight excluding hydrogens is 148 g/mol. The molecule has 0 saturated heterocycles. The first kappa shape index (κ1) is 10.3. The van der Waals surface area contributed by atoms with E-state index in [1.54, 1.807) is 0 Å². The first-order valence-corrected chi connectivity index (χ1v) is 3.35. The van der Waals surface area contributed by atoms with Crippen LogP contribution in [0.4, 0.5) is 0 Å². The summed E-state index contributed by atoms with van der Waals surface area (Å²) in [6.45, 7) is 2.76. The largest absolute Gasteiger partial charge is 0.379 e. The van der Waals surface area contributed by atoms with Gasteiger partial charge in [0.1, 0.15) is 12.5 Å². The maximum atomic E-state index is 10.4. The van der Waals surface area contributed by atoms with Crippen LogP contribution in [0.5, 0.6) is 0 Å². The number of hydrogen-bond acceptors (Lipinski definition) is 4. The zero-order chi connectivity index (χ0) is 9.02. The standard InChI is InChI=1S/C6H14N2O3/c1-4(9)8(5(2)10)3-6(7)11/h4-5,9-10H,3H2,1-2H3,(H2,7,11). The number of carbonyl (C=O) groups is 1. The molecule has 0 fully saturated rings. The molecule has 1 amide bonds. The Balaban J connectivity index is 4.00. The second-order valence-electron chi connectivity index (χ2n) is 2.40. The van der Waals surface area contributed by atoms with Gasteiger partial charge in [0.2, 0.25) is 5.91 Å². The van der Waals surface area contributed by atoms with E-state index in [2.05, 4.69) is 0 Å². The van der Waals surface area contributed by atoms with Gasteiger partial charge in [0.25, 0.3) is 0 Å². The summed E-state index contributed by atoms with van der Waals surface area (Å²) < 4.78 is 0. The van der Waals surface area contributed by atoms with Crippen LogP contribution in [-0.2, 0) is 4.79 Å². The van der Waals surface area contributed by atoms with E-state index in [1.807, 2.05) is 0 Å². The molecule has 4 N–H and O–H groups in total. The number of primary amides is 1. The van der Waals surface area contributed by atoms with Gasteiger partial charge in [-0.05, 0) is 13.8 Å². The van der Waals surface area contributed by atoms with Crippen LogP contribution in [0.3, 0.4) is 0 Å². The molecule has 0 aromatic heterocycles. The lowest BCUT2D eigenvalue weighted by atomic mass is 10.4. The van der Waals surface area contributed by atoms with Crippen LogP contribution in [0.2, 0.25) is 0 Å². The molecule has 0 bridgehead atoms. The van der Waals surface area contributed by atoms with Gasteiger partial charge in [-0.15, -0.1) is 0 Å². The maximum Gasteiger partial charge on any atom is 0.231 e. The van der Waals surface area contributed by atoms with Crippen molar-refractivity contribution in [2.45, 2.75) is 26.3 Å². The highest BCUT2D eigenvalue weighted by Gasteiger charge is 2.17. The molecule has 0 aromatic carbocycles. The molecule has 11 heavy (non-hydrogen) atoms. The summed E-state index contributed by atoms with van der Waals surface area (Å²) in [5, 5.41) is 18.0. The highest BCUT2D eigenvalue weighted by Crippen LogP contribution is 1.98. The lowest BCUT2D eigenvalue weighted by Gasteiger charge is -2.26. The maximum absolute atomic E-state index is 10.4. The van der Waals surface area contributed by atoms with Crippen LogP contribution in [0.1, 0.15) is 13.8 Å². The number of nitrogens with two attached hydrogens (primary N) is 1. The molecule has 2 unspecified atom stereocenters. The molecule has 0 spiro atoms. The van der Waals surface area contributed by atoms with Gasteiger partial charge in [-0.2, -0.15) is 0 Å². The van der Waals surface area contributed by atoms with Crippen LogP contribution in [0.15, 0.2) is 0 Å². The molecule has 66 valence electrons. The molecule has 0 heterocycles. The molecule has 0 saturated carbocycles. The molecule has 0 aliphatic rings. The van der Waals surface area contributed by atoms with Crippen molar-refractivity contribution >= 4 is 5.91 Å². The first-order chi connectivity index (χ1) is 4.95. The van der Waals surface area contributed by atoms with Gasteiger partial charge < -0.3 is 15.9 Å². The third kappa shape index (κ3) is 3.92. The minimum Gasteiger partial charge on any atom is -0.379 e. The van der Waals surface area contributed by atoms with Crippen molar-refractivity contribution in [2.75, 3.05) is 6.54 Å². The van der Waals surface area contributed by atoms with E-state index in [0.717, 1.165) is 0 Å². The highest BCUT2D eigenvalue weighted by atomic mass is 16.3. The number of aliphatic hydroxyl groups excluding tert-OH is 2. The average Bonchev–Trinajstić information content (AvgIpc) is 1.81. The van der Waals surface area contributed by atoms with Gasteiger partial charge in [-0.25, -0.2) is 4.90 Å². The van der Waals surface area contributed by atoms with Crippen molar-refractivity contribution in [3.63, 3.8) is 0 Å². The Morgan fingerprint density at radius 1 is 1.45 bits per heavy atom. The number of amides is 1. The first-order valence-electron chi connectivity index (χ1n) is 3.35. The summed E-state index contributed by atoms with van der Waals surface area (Å²) in [7, 11) is 0. The van der Waals surface area contributed by atoms with Gasteiger partial charge in [0.05, 0.1) is 6.54 Å². The van der Waals surface area contributed by atoms with Crippen molar-refractivity contribution in [3.8, 4) is 0 Å². The summed E-state index contributed by atoms with van der Waals surface area (Å²) >= 11 is 0. The van der Waals surface area contributed by atoms with Crippen LogP contribution in [0, 0.1) is 0 Å². The van der Waals surface area contributed by atoms with E-state index in [4.69, 9.17) is 15.9 Å². The lowest BCUT2D eigenvalue weighted by Crippen LogP contribution is -2.45. The average molecular weight is 162 g/mol. The Morgan fingerprint density at radius 3 is 1.91 bits per heavy atom. The third-order valence-electron chi connectivity index (χ3n) is 1.30. The number of rotatable bonds is 4. The molecule has 0 aromatic rings. The predicted molar refractivity (Wildman–Crippen MR) is 39.3 cm³/mol. The molecule has 2 atom stereocenters. The Bertz CT molecular complexity index is 128. The van der Waals surface area contributed by atoms with Crippen molar-refractivity contribution in [3.05, 3.63) is 0 Å². The number of hydrogen-bond donors (Lipinski definition) is 3. The highest BCUT2D eigenvalue weighted by molar-refractivity contribution is 5.75. The second kappa shape index (κ2) is 4.27. The van der Waals surface area contributed by atoms with Gasteiger partial charge in [-0.1, -0.05) is 0 Å². The van der Waals surface area contributed by atoms with E-state index >= 15 is 0 Å². The number of nitrogens with zero attached hydrogens (tertiary/aromatic N) is 1. The summed E-state index contributed by atoms with van der Waals surface area (Å²) in [6, 6.07) is 0.